The zero-order valence-corrected chi connectivity index (χ0v) is 14.1. The van der Waals surface area contributed by atoms with Crippen molar-refractivity contribution in [1.29, 1.82) is 0 Å². The molecule has 0 aliphatic rings. The van der Waals surface area contributed by atoms with Gasteiger partial charge in [-0.3, -0.25) is 9.59 Å². The van der Waals surface area contributed by atoms with Gasteiger partial charge in [0.2, 0.25) is 5.91 Å². The van der Waals surface area contributed by atoms with Crippen molar-refractivity contribution >= 4 is 40.0 Å². The van der Waals surface area contributed by atoms with Crippen LogP contribution in [0.5, 0.6) is 0 Å². The largest absolute Gasteiger partial charge is 0.466 e. The minimum atomic E-state index is -0.0744. The molecule has 0 saturated heterocycles. The molecule has 0 fully saturated rings. The molecular formula is C16H16INO3. The van der Waals surface area contributed by atoms with Crippen molar-refractivity contribution in [3.8, 4) is 0 Å². The van der Waals surface area contributed by atoms with Gasteiger partial charge in [-0.15, -0.1) is 0 Å². The molecule has 0 aliphatic carbocycles. The van der Waals surface area contributed by atoms with Gasteiger partial charge >= 0.3 is 0 Å². The molecule has 2 rings (SSSR count). The molecule has 1 heterocycles. The van der Waals surface area contributed by atoms with E-state index < -0.39 is 0 Å². The van der Waals surface area contributed by atoms with Crippen LogP contribution in [0.2, 0.25) is 0 Å². The van der Waals surface area contributed by atoms with Crippen molar-refractivity contribution in [2.75, 3.05) is 5.32 Å². The second-order valence-electron chi connectivity index (χ2n) is 4.79. The minimum absolute atomic E-state index is 0.0224. The summed E-state index contributed by atoms with van der Waals surface area (Å²) in [5, 5.41) is 2.83. The van der Waals surface area contributed by atoms with Gasteiger partial charge in [-0.1, -0.05) is 0 Å². The van der Waals surface area contributed by atoms with Crippen LogP contribution in [0.4, 0.5) is 5.69 Å². The van der Waals surface area contributed by atoms with E-state index in [1.54, 1.807) is 13.0 Å². The molecule has 0 saturated carbocycles. The molecule has 110 valence electrons. The number of amides is 1. The average molecular weight is 397 g/mol. The number of carbonyl (C=O) groups excluding carboxylic acids is 2. The number of rotatable bonds is 5. The fourth-order valence-electron chi connectivity index (χ4n) is 2.01. The Morgan fingerprint density at radius 2 is 1.90 bits per heavy atom. The number of aryl methyl sites for hydroxylation is 2. The fraction of sp³-hybridized carbons (Fsp3) is 0.250. The SMILES string of the molecule is CC(=O)c1cc(CCC(=O)Nc2ccc(I)cc2)oc1C. The molecule has 21 heavy (non-hydrogen) atoms. The fourth-order valence-corrected chi connectivity index (χ4v) is 2.37. The molecule has 0 unspecified atom stereocenters. The lowest BCUT2D eigenvalue weighted by molar-refractivity contribution is -0.116. The molecule has 0 radical (unpaired) electrons. The summed E-state index contributed by atoms with van der Waals surface area (Å²) in [4.78, 5) is 23.2. The van der Waals surface area contributed by atoms with Crippen molar-refractivity contribution in [3.63, 3.8) is 0 Å². The summed E-state index contributed by atoms with van der Waals surface area (Å²) in [6.45, 7) is 3.26. The summed E-state index contributed by atoms with van der Waals surface area (Å²) >= 11 is 2.21. The van der Waals surface area contributed by atoms with Gasteiger partial charge < -0.3 is 9.73 Å². The molecule has 2 aromatic rings. The number of hydrogen-bond donors (Lipinski definition) is 1. The molecule has 1 aromatic heterocycles. The zero-order valence-electron chi connectivity index (χ0n) is 11.9. The van der Waals surface area contributed by atoms with Crippen LogP contribution in [0, 0.1) is 10.5 Å². The first-order valence-electron chi connectivity index (χ1n) is 6.61. The molecular weight excluding hydrogens is 381 g/mol. The summed E-state index contributed by atoms with van der Waals surface area (Å²) in [6, 6.07) is 9.32. The van der Waals surface area contributed by atoms with Crippen molar-refractivity contribution in [3.05, 3.63) is 51.0 Å². The molecule has 4 nitrogen and oxygen atoms in total. The van der Waals surface area contributed by atoms with Gasteiger partial charge in [-0.25, -0.2) is 0 Å². The second-order valence-corrected chi connectivity index (χ2v) is 6.04. The van der Waals surface area contributed by atoms with Gasteiger partial charge in [0.1, 0.15) is 11.5 Å². The van der Waals surface area contributed by atoms with Crippen LogP contribution in [-0.4, -0.2) is 11.7 Å². The lowest BCUT2D eigenvalue weighted by Gasteiger charge is -2.04. The highest BCUT2D eigenvalue weighted by Gasteiger charge is 2.12. The van der Waals surface area contributed by atoms with Crippen LogP contribution >= 0.6 is 22.6 Å². The topological polar surface area (TPSA) is 59.3 Å². The normalized spacial score (nSPS) is 10.4. The molecule has 0 aliphatic heterocycles. The minimum Gasteiger partial charge on any atom is -0.466 e. The Bertz CT molecular complexity index is 659. The maximum atomic E-state index is 11.9. The van der Waals surface area contributed by atoms with Crippen LogP contribution < -0.4 is 5.32 Å². The molecule has 0 bridgehead atoms. The highest BCUT2D eigenvalue weighted by Crippen LogP contribution is 2.17. The van der Waals surface area contributed by atoms with Crippen LogP contribution in [-0.2, 0) is 11.2 Å². The lowest BCUT2D eigenvalue weighted by atomic mass is 10.1. The van der Waals surface area contributed by atoms with Crippen LogP contribution in [0.15, 0.2) is 34.7 Å². The van der Waals surface area contributed by atoms with Gasteiger partial charge in [0.25, 0.3) is 0 Å². The molecule has 1 N–H and O–H groups in total. The highest BCUT2D eigenvalue weighted by atomic mass is 127. The Balaban J connectivity index is 1.90. The van der Waals surface area contributed by atoms with E-state index in [9.17, 15) is 9.59 Å². The maximum Gasteiger partial charge on any atom is 0.224 e. The zero-order chi connectivity index (χ0) is 15.4. The van der Waals surface area contributed by atoms with Crippen molar-refractivity contribution in [2.45, 2.75) is 26.7 Å². The highest BCUT2D eigenvalue weighted by molar-refractivity contribution is 14.1. The number of furan rings is 1. The maximum absolute atomic E-state index is 11.9. The number of hydrogen-bond acceptors (Lipinski definition) is 3. The van der Waals surface area contributed by atoms with E-state index in [-0.39, 0.29) is 11.7 Å². The molecule has 1 aromatic carbocycles. The Morgan fingerprint density at radius 1 is 1.24 bits per heavy atom. The molecule has 5 heteroatoms. The van der Waals surface area contributed by atoms with E-state index >= 15 is 0 Å². The smallest absolute Gasteiger partial charge is 0.224 e. The number of halogens is 1. The van der Waals surface area contributed by atoms with Crippen molar-refractivity contribution in [1.82, 2.24) is 0 Å². The summed E-state index contributed by atoms with van der Waals surface area (Å²) in [5.74, 6) is 1.17. The first-order chi connectivity index (χ1) is 9.95. The number of Topliss-reactive ketones (excluding diaryl/α,β-unsaturated/α-hetero) is 1. The van der Waals surface area contributed by atoms with Gasteiger partial charge in [-0.2, -0.15) is 0 Å². The Hall–Kier alpha value is -1.63. The standard InChI is InChI=1S/C16H16INO3/c1-10(19)15-9-14(21-11(15)2)7-8-16(20)18-13-5-3-12(17)4-6-13/h3-6,9H,7-8H2,1-2H3,(H,18,20). The third-order valence-electron chi connectivity index (χ3n) is 3.07. The third kappa shape index (κ3) is 4.42. The number of nitrogens with one attached hydrogen (secondary N) is 1. The number of benzene rings is 1. The van der Waals surface area contributed by atoms with Gasteiger partial charge in [0.05, 0.1) is 5.56 Å². The summed E-state index contributed by atoms with van der Waals surface area (Å²) in [7, 11) is 0. The summed E-state index contributed by atoms with van der Waals surface area (Å²) in [5.41, 5.74) is 1.36. The Labute approximate surface area is 137 Å². The summed E-state index contributed by atoms with van der Waals surface area (Å²) in [6.07, 6.45) is 0.792. The molecule has 0 atom stereocenters. The monoisotopic (exact) mass is 397 g/mol. The number of ketones is 1. The average Bonchev–Trinajstić information content (AvgIpc) is 2.81. The first-order valence-corrected chi connectivity index (χ1v) is 7.69. The predicted molar refractivity (Wildman–Crippen MR) is 89.6 cm³/mol. The Kier molecular flexibility index (Phi) is 5.17. The van der Waals surface area contributed by atoms with Crippen LogP contribution in [0.25, 0.3) is 0 Å². The van der Waals surface area contributed by atoms with E-state index in [0.717, 1.165) is 9.26 Å². The van der Waals surface area contributed by atoms with Gasteiger partial charge in [0.15, 0.2) is 5.78 Å². The molecule has 1 amide bonds. The van der Waals surface area contributed by atoms with Gasteiger partial charge in [-0.05, 0) is 66.8 Å². The number of anilines is 1. The second kappa shape index (κ2) is 6.89. The van der Waals surface area contributed by atoms with E-state index in [2.05, 4.69) is 27.9 Å². The summed E-state index contributed by atoms with van der Waals surface area (Å²) < 4.78 is 6.61. The van der Waals surface area contributed by atoms with Crippen molar-refractivity contribution in [2.24, 2.45) is 0 Å². The first kappa shape index (κ1) is 15.8. The number of carbonyl (C=O) groups is 2. The van der Waals surface area contributed by atoms with E-state index in [1.165, 1.54) is 6.92 Å². The Morgan fingerprint density at radius 3 is 2.48 bits per heavy atom. The van der Waals surface area contributed by atoms with Crippen LogP contribution in [0.3, 0.4) is 0 Å². The van der Waals surface area contributed by atoms with E-state index in [0.29, 0.717) is 29.9 Å². The van der Waals surface area contributed by atoms with E-state index in [1.807, 2.05) is 24.3 Å². The lowest BCUT2D eigenvalue weighted by Crippen LogP contribution is -2.12. The third-order valence-corrected chi connectivity index (χ3v) is 3.79. The predicted octanol–water partition coefficient (Wildman–Crippen LogP) is 3.97. The van der Waals surface area contributed by atoms with E-state index in [4.69, 9.17) is 4.42 Å². The van der Waals surface area contributed by atoms with Gasteiger partial charge in [0, 0.05) is 22.1 Å². The molecule has 0 spiro atoms. The quantitative estimate of drug-likeness (QED) is 0.614. The van der Waals surface area contributed by atoms with Crippen LogP contribution in [0.1, 0.15) is 35.2 Å². The van der Waals surface area contributed by atoms with Crippen molar-refractivity contribution < 1.29 is 14.0 Å².